The van der Waals surface area contributed by atoms with Crippen LogP contribution in [0, 0.1) is 20.2 Å². The molecule has 0 saturated carbocycles. The molecule has 45 heavy (non-hydrogen) atoms. The third-order valence-electron chi connectivity index (χ3n) is 6.98. The number of ether oxygens (including phenoxy) is 2. The van der Waals surface area contributed by atoms with Gasteiger partial charge in [-0.1, -0.05) is 35.6 Å². The van der Waals surface area contributed by atoms with Crippen molar-refractivity contribution in [3.63, 3.8) is 0 Å². The fourth-order valence-corrected chi connectivity index (χ4v) is 5.90. The van der Waals surface area contributed by atoms with Crippen LogP contribution < -0.4 is 24.5 Å². The second-order valence-electron chi connectivity index (χ2n) is 10.1. The highest BCUT2D eigenvalue weighted by atomic mass is 32.1. The average molecular weight is 630 g/mol. The van der Waals surface area contributed by atoms with Crippen LogP contribution in [0.3, 0.4) is 0 Å². The highest BCUT2D eigenvalue weighted by Crippen LogP contribution is 2.35. The summed E-state index contributed by atoms with van der Waals surface area (Å²) in [6.07, 6.45) is 1.64. The normalized spacial score (nSPS) is 14.4. The number of hydrogen-bond donors (Lipinski definition) is 0. The van der Waals surface area contributed by atoms with E-state index in [9.17, 15) is 29.8 Å². The largest absolute Gasteiger partial charge is 0.463 e. The van der Waals surface area contributed by atoms with Crippen molar-refractivity contribution in [3.8, 4) is 11.5 Å². The van der Waals surface area contributed by atoms with Gasteiger partial charge >= 0.3 is 11.7 Å². The Morgan fingerprint density at radius 2 is 1.80 bits per heavy atom. The molecule has 1 aliphatic rings. The van der Waals surface area contributed by atoms with Crippen molar-refractivity contribution in [3.05, 3.63) is 129 Å². The molecule has 0 amide bonds. The lowest BCUT2D eigenvalue weighted by molar-refractivity contribution is -0.394. The lowest BCUT2D eigenvalue weighted by atomic mass is 9.95. The number of nitro benzene ring substituents is 2. The molecule has 1 atom stereocenters. The second-order valence-corrected chi connectivity index (χ2v) is 11.1. The number of aromatic nitrogens is 1. The van der Waals surface area contributed by atoms with Crippen molar-refractivity contribution >= 4 is 40.4 Å². The Kier molecular flexibility index (Phi) is 8.59. The van der Waals surface area contributed by atoms with Crippen LogP contribution >= 0.6 is 11.3 Å². The number of allylic oxidation sites excluding steroid dienone is 1. The first kappa shape index (κ1) is 30.8. The Hall–Kier alpha value is -5.63. The van der Waals surface area contributed by atoms with Gasteiger partial charge in [-0.3, -0.25) is 29.6 Å². The van der Waals surface area contributed by atoms with E-state index < -0.39 is 33.2 Å². The van der Waals surface area contributed by atoms with Crippen molar-refractivity contribution in [2.24, 2.45) is 4.99 Å². The molecular formula is C31H27N5O8S. The zero-order valence-corrected chi connectivity index (χ0v) is 25.4. The predicted molar refractivity (Wildman–Crippen MR) is 167 cm³/mol. The van der Waals surface area contributed by atoms with Gasteiger partial charge in [0.2, 0.25) is 5.75 Å². The van der Waals surface area contributed by atoms with E-state index in [-0.39, 0.29) is 29.2 Å². The number of thiazole rings is 1. The highest BCUT2D eigenvalue weighted by Gasteiger charge is 2.33. The fourth-order valence-electron chi connectivity index (χ4n) is 4.86. The average Bonchev–Trinajstić information content (AvgIpc) is 3.30. The Morgan fingerprint density at radius 3 is 2.44 bits per heavy atom. The van der Waals surface area contributed by atoms with E-state index in [4.69, 9.17) is 9.47 Å². The number of hydrogen-bond acceptors (Lipinski definition) is 11. The van der Waals surface area contributed by atoms with Crippen LogP contribution in [0.5, 0.6) is 11.5 Å². The Labute approximate surface area is 259 Å². The van der Waals surface area contributed by atoms with Crippen LogP contribution in [0.2, 0.25) is 0 Å². The number of esters is 1. The van der Waals surface area contributed by atoms with Crippen molar-refractivity contribution in [1.82, 2.24) is 4.57 Å². The summed E-state index contributed by atoms with van der Waals surface area (Å²) in [7, 11) is 3.83. The third kappa shape index (κ3) is 6.21. The van der Waals surface area contributed by atoms with Gasteiger partial charge in [-0.25, -0.2) is 9.79 Å². The first-order chi connectivity index (χ1) is 21.5. The van der Waals surface area contributed by atoms with Gasteiger partial charge in [0.05, 0.1) is 44.4 Å². The van der Waals surface area contributed by atoms with Crippen LogP contribution in [0.15, 0.2) is 87.8 Å². The predicted octanol–water partition coefficient (Wildman–Crippen LogP) is 4.47. The summed E-state index contributed by atoms with van der Waals surface area (Å²) in [6, 6.07) is 16.4. The lowest BCUT2D eigenvalue weighted by Crippen LogP contribution is -2.39. The number of fused-ring (bicyclic) bond motifs is 1. The van der Waals surface area contributed by atoms with E-state index in [0.29, 0.717) is 26.2 Å². The number of rotatable bonds is 9. The maximum absolute atomic E-state index is 13.9. The molecule has 5 rings (SSSR count). The minimum Gasteiger partial charge on any atom is -0.463 e. The van der Waals surface area contributed by atoms with Crippen LogP contribution in [-0.2, 0) is 9.53 Å². The van der Waals surface area contributed by atoms with Crippen LogP contribution in [0.25, 0.3) is 6.08 Å². The quantitative estimate of drug-likeness (QED) is 0.148. The minimum absolute atomic E-state index is 0.160. The van der Waals surface area contributed by atoms with Crippen LogP contribution in [-0.4, -0.2) is 41.1 Å². The molecule has 0 saturated heterocycles. The first-order valence-electron chi connectivity index (χ1n) is 13.7. The molecule has 14 heteroatoms. The van der Waals surface area contributed by atoms with Gasteiger partial charge in [0.25, 0.3) is 11.2 Å². The number of nitrogens with zero attached hydrogens (tertiary/aromatic N) is 5. The van der Waals surface area contributed by atoms with Gasteiger partial charge in [0, 0.05) is 25.8 Å². The molecule has 1 aliphatic heterocycles. The summed E-state index contributed by atoms with van der Waals surface area (Å²) in [5.74, 6) is -0.517. The number of carbonyl (C=O) groups is 1. The number of benzene rings is 3. The summed E-state index contributed by atoms with van der Waals surface area (Å²) >= 11 is 1.15. The third-order valence-corrected chi connectivity index (χ3v) is 7.96. The minimum atomic E-state index is -0.768. The molecule has 1 aromatic heterocycles. The zero-order chi connectivity index (χ0) is 32.4. The Balaban J connectivity index is 1.57. The summed E-state index contributed by atoms with van der Waals surface area (Å²) < 4.78 is 12.9. The number of non-ortho nitro benzene ring substituents is 1. The van der Waals surface area contributed by atoms with Gasteiger partial charge < -0.3 is 14.4 Å². The highest BCUT2D eigenvalue weighted by molar-refractivity contribution is 7.07. The van der Waals surface area contributed by atoms with E-state index in [0.717, 1.165) is 35.2 Å². The molecule has 0 unspecified atom stereocenters. The zero-order valence-electron chi connectivity index (χ0n) is 24.6. The molecule has 0 aliphatic carbocycles. The van der Waals surface area contributed by atoms with Gasteiger partial charge in [-0.2, -0.15) is 0 Å². The van der Waals surface area contributed by atoms with Crippen LogP contribution in [0.1, 0.15) is 31.0 Å². The smallest absolute Gasteiger partial charge is 0.338 e. The second kappa shape index (κ2) is 12.5. The van der Waals surface area contributed by atoms with Gasteiger partial charge in [0.15, 0.2) is 4.80 Å². The van der Waals surface area contributed by atoms with Crippen molar-refractivity contribution in [2.45, 2.75) is 19.9 Å². The molecule has 2 heterocycles. The molecule has 3 aromatic carbocycles. The topological polar surface area (TPSA) is 159 Å². The maximum Gasteiger partial charge on any atom is 0.338 e. The monoisotopic (exact) mass is 629 g/mol. The molecule has 0 spiro atoms. The Morgan fingerprint density at radius 1 is 1.07 bits per heavy atom. The summed E-state index contributed by atoms with van der Waals surface area (Å²) in [4.78, 5) is 55.1. The maximum atomic E-state index is 13.9. The lowest BCUT2D eigenvalue weighted by Gasteiger charge is -2.25. The molecule has 4 aromatic rings. The van der Waals surface area contributed by atoms with E-state index in [1.165, 1.54) is 4.57 Å². The standard InChI is InChI=1S/C31H27N5O8S/c1-5-43-30(38)27-18(2)32-31-34(28(27)20-9-11-21(12-10-20)33(3)4)29(37)26(45-31)16-19-7-6-8-23(15-19)44-25-14-13-22(35(39)40)17-24(25)36(41)42/h6-17,28H,5H2,1-4H3/b26-16-/t28-/m0/s1. The fraction of sp³-hybridized carbons (Fsp3) is 0.194. The van der Waals surface area contributed by atoms with E-state index in [1.807, 2.05) is 43.3 Å². The SMILES string of the molecule is CCOC(=O)C1=C(C)N=c2s/c(=C\c3cccc(Oc4ccc([N+](=O)[O-])cc4[N+](=O)[O-])c3)c(=O)n2[C@H]1c1ccc(N(C)C)cc1. The summed E-state index contributed by atoms with van der Waals surface area (Å²) in [5, 5.41) is 22.6. The molecule has 0 radical (unpaired) electrons. The molecular weight excluding hydrogens is 602 g/mol. The number of anilines is 1. The molecule has 230 valence electrons. The molecule has 0 fully saturated rings. The van der Waals surface area contributed by atoms with Gasteiger partial charge in [-0.05, 0) is 61.4 Å². The molecule has 13 nitrogen and oxygen atoms in total. The van der Waals surface area contributed by atoms with Crippen molar-refractivity contribution < 1.29 is 24.1 Å². The van der Waals surface area contributed by atoms with E-state index in [1.54, 1.807) is 44.2 Å². The Bertz CT molecular complexity index is 2050. The van der Waals surface area contributed by atoms with Crippen molar-refractivity contribution in [2.75, 3.05) is 25.6 Å². The van der Waals surface area contributed by atoms with Gasteiger partial charge in [0.1, 0.15) is 5.75 Å². The number of nitro groups is 2. The van der Waals surface area contributed by atoms with E-state index in [2.05, 4.69) is 4.99 Å². The molecule has 0 N–H and O–H groups in total. The van der Waals surface area contributed by atoms with Crippen molar-refractivity contribution in [1.29, 1.82) is 0 Å². The van der Waals surface area contributed by atoms with Gasteiger partial charge in [-0.15, -0.1) is 0 Å². The molecule has 0 bridgehead atoms. The summed E-state index contributed by atoms with van der Waals surface area (Å²) in [5.41, 5.74) is 1.57. The number of carbonyl (C=O) groups excluding carboxylic acids is 1. The van der Waals surface area contributed by atoms with Crippen LogP contribution in [0.4, 0.5) is 17.1 Å². The first-order valence-corrected chi connectivity index (χ1v) is 14.5. The summed E-state index contributed by atoms with van der Waals surface area (Å²) in [6.45, 7) is 3.58. The van der Waals surface area contributed by atoms with E-state index >= 15 is 0 Å².